The molecule has 10 heteroatoms. The Morgan fingerprint density at radius 1 is 0.712 bits per heavy atom. The quantitative estimate of drug-likeness (QED) is 0.166. The molecular formula is C42H66N4O6. The molecule has 0 spiro atoms. The Balaban J connectivity index is 0.000000284. The molecule has 10 nitrogen and oxygen atoms in total. The highest BCUT2D eigenvalue weighted by molar-refractivity contribution is 5.70. The Hall–Kier alpha value is -3.47. The summed E-state index contributed by atoms with van der Waals surface area (Å²) < 4.78 is 15.7. The average molecular weight is 723 g/mol. The van der Waals surface area contributed by atoms with Crippen LogP contribution in [-0.2, 0) is 36.9 Å². The maximum Gasteiger partial charge on any atom is 0.407 e. The topological polar surface area (TPSA) is 109 Å². The molecule has 0 saturated carbocycles. The van der Waals surface area contributed by atoms with Crippen molar-refractivity contribution in [1.29, 1.82) is 0 Å². The smallest absolute Gasteiger partial charge is 0.407 e. The predicted octanol–water partition coefficient (Wildman–Crippen LogP) is 7.09. The minimum absolute atomic E-state index is 0.00116. The molecule has 4 atom stereocenters. The highest BCUT2D eigenvalue weighted by Gasteiger charge is 2.32. The number of aryl methyl sites for hydroxylation is 2. The number of piperidine rings is 2. The van der Waals surface area contributed by atoms with Crippen molar-refractivity contribution >= 4 is 18.0 Å². The van der Waals surface area contributed by atoms with Crippen molar-refractivity contribution in [2.45, 2.75) is 150 Å². The summed E-state index contributed by atoms with van der Waals surface area (Å²) in [6.45, 7) is 21.9. The summed E-state index contributed by atoms with van der Waals surface area (Å²) in [5.74, 6) is -0.244. The number of nitrogens with one attached hydrogen (secondary N) is 2. The van der Waals surface area contributed by atoms with Crippen LogP contribution in [0.4, 0.5) is 4.79 Å². The van der Waals surface area contributed by atoms with E-state index in [1.165, 1.54) is 22.3 Å². The lowest BCUT2D eigenvalue weighted by molar-refractivity contribution is -0.146. The minimum atomic E-state index is -0.521. The van der Waals surface area contributed by atoms with Crippen molar-refractivity contribution in [2.75, 3.05) is 26.3 Å². The SMILES string of the molecule is CCOC(=O)C[C@H]1CC[C@@H](NC(=O)OC(C)(C)C)CN1Cc1ccc(C)cc1.CCOC(=O)C[C@H]1CC[C@@H](NC(C)C)CN1Cc1ccc(C)cc1. The summed E-state index contributed by atoms with van der Waals surface area (Å²) in [6.07, 6.45) is 4.27. The number of likely N-dealkylation sites (tertiary alicyclic amines) is 2. The van der Waals surface area contributed by atoms with Crippen LogP contribution in [-0.4, -0.2) is 89.9 Å². The van der Waals surface area contributed by atoms with Gasteiger partial charge >= 0.3 is 18.0 Å². The Bertz CT molecular complexity index is 1370. The second-order valence-electron chi connectivity index (χ2n) is 15.7. The van der Waals surface area contributed by atoms with Gasteiger partial charge in [0.15, 0.2) is 0 Å². The van der Waals surface area contributed by atoms with Gasteiger partial charge in [-0.2, -0.15) is 0 Å². The predicted molar refractivity (Wildman–Crippen MR) is 207 cm³/mol. The summed E-state index contributed by atoms with van der Waals surface area (Å²) in [5, 5.41) is 6.63. The molecule has 0 aromatic heterocycles. The number of amides is 1. The van der Waals surface area contributed by atoms with E-state index >= 15 is 0 Å². The van der Waals surface area contributed by atoms with Crippen molar-refractivity contribution in [3.8, 4) is 0 Å². The second-order valence-corrected chi connectivity index (χ2v) is 15.7. The van der Waals surface area contributed by atoms with Crippen molar-refractivity contribution < 1.29 is 28.6 Å². The molecule has 1 amide bonds. The van der Waals surface area contributed by atoms with Gasteiger partial charge in [0, 0.05) is 56.4 Å². The van der Waals surface area contributed by atoms with Gasteiger partial charge in [-0.1, -0.05) is 73.5 Å². The molecule has 290 valence electrons. The van der Waals surface area contributed by atoms with Gasteiger partial charge in [-0.15, -0.1) is 0 Å². The van der Waals surface area contributed by atoms with E-state index in [2.05, 4.69) is 96.7 Å². The number of carbonyl (C=O) groups is 3. The molecular weight excluding hydrogens is 656 g/mol. The van der Waals surface area contributed by atoms with Crippen LogP contribution in [0.1, 0.15) is 109 Å². The number of rotatable bonds is 13. The van der Waals surface area contributed by atoms with E-state index in [1.807, 2.05) is 34.6 Å². The van der Waals surface area contributed by atoms with Gasteiger partial charge in [-0.05, 0) is 85.3 Å². The first kappa shape index (κ1) is 42.9. The highest BCUT2D eigenvalue weighted by atomic mass is 16.6. The van der Waals surface area contributed by atoms with Crippen LogP contribution in [0.2, 0.25) is 0 Å². The number of carbonyl (C=O) groups excluding carboxylic acids is 3. The van der Waals surface area contributed by atoms with E-state index < -0.39 is 11.7 Å². The number of esters is 2. The zero-order valence-electron chi connectivity index (χ0n) is 33.3. The minimum Gasteiger partial charge on any atom is -0.466 e. The largest absolute Gasteiger partial charge is 0.466 e. The fourth-order valence-corrected chi connectivity index (χ4v) is 6.93. The van der Waals surface area contributed by atoms with Crippen LogP contribution >= 0.6 is 0 Å². The molecule has 2 fully saturated rings. The lowest BCUT2D eigenvalue weighted by Gasteiger charge is -2.40. The third-order valence-corrected chi connectivity index (χ3v) is 9.36. The van der Waals surface area contributed by atoms with E-state index in [9.17, 15) is 14.4 Å². The summed E-state index contributed by atoms with van der Waals surface area (Å²) in [7, 11) is 0. The number of alkyl carbamates (subject to hydrolysis) is 1. The molecule has 52 heavy (non-hydrogen) atoms. The molecule has 2 aromatic carbocycles. The van der Waals surface area contributed by atoms with Crippen LogP contribution in [0, 0.1) is 13.8 Å². The van der Waals surface area contributed by atoms with E-state index in [0.717, 1.165) is 45.3 Å². The van der Waals surface area contributed by atoms with Crippen molar-refractivity contribution in [3.63, 3.8) is 0 Å². The second kappa shape index (κ2) is 21.3. The molecule has 0 bridgehead atoms. The van der Waals surface area contributed by atoms with Gasteiger partial charge < -0.3 is 24.8 Å². The lowest BCUT2D eigenvalue weighted by Crippen LogP contribution is -2.52. The molecule has 0 aliphatic carbocycles. The van der Waals surface area contributed by atoms with E-state index in [4.69, 9.17) is 14.2 Å². The van der Waals surface area contributed by atoms with Crippen LogP contribution in [0.25, 0.3) is 0 Å². The maximum atomic E-state index is 12.1. The molecule has 2 heterocycles. The molecule has 0 radical (unpaired) electrons. The first-order chi connectivity index (χ1) is 24.6. The van der Waals surface area contributed by atoms with E-state index in [1.54, 1.807) is 0 Å². The van der Waals surface area contributed by atoms with E-state index in [0.29, 0.717) is 44.7 Å². The molecule has 4 rings (SSSR count). The first-order valence-electron chi connectivity index (χ1n) is 19.3. The lowest BCUT2D eigenvalue weighted by atomic mass is 9.94. The van der Waals surface area contributed by atoms with Crippen LogP contribution in [0.5, 0.6) is 0 Å². The molecule has 2 aliphatic heterocycles. The monoisotopic (exact) mass is 722 g/mol. The van der Waals surface area contributed by atoms with Gasteiger partial charge in [0.05, 0.1) is 26.1 Å². The number of hydrogen-bond acceptors (Lipinski definition) is 9. The maximum absolute atomic E-state index is 12.1. The number of benzene rings is 2. The van der Waals surface area contributed by atoms with Gasteiger partial charge in [-0.3, -0.25) is 19.4 Å². The van der Waals surface area contributed by atoms with E-state index in [-0.39, 0.29) is 30.1 Å². The van der Waals surface area contributed by atoms with Crippen molar-refractivity contribution in [2.24, 2.45) is 0 Å². The van der Waals surface area contributed by atoms with Gasteiger partial charge in [0.1, 0.15) is 5.60 Å². The Morgan fingerprint density at radius 3 is 1.54 bits per heavy atom. The summed E-state index contributed by atoms with van der Waals surface area (Å²) in [6, 6.07) is 18.5. The first-order valence-corrected chi connectivity index (χ1v) is 19.3. The molecule has 2 aromatic rings. The van der Waals surface area contributed by atoms with Gasteiger partial charge in [-0.25, -0.2) is 4.79 Å². The summed E-state index contributed by atoms with van der Waals surface area (Å²) in [4.78, 5) is 40.8. The highest BCUT2D eigenvalue weighted by Crippen LogP contribution is 2.25. The van der Waals surface area contributed by atoms with Gasteiger partial charge in [0.2, 0.25) is 0 Å². The molecule has 2 N–H and O–H groups in total. The molecule has 2 saturated heterocycles. The van der Waals surface area contributed by atoms with Crippen molar-refractivity contribution in [3.05, 3.63) is 70.8 Å². The third kappa shape index (κ3) is 16.0. The fraction of sp³-hybridized carbons (Fsp3) is 0.643. The average Bonchev–Trinajstić information content (AvgIpc) is 3.05. The number of hydrogen-bond donors (Lipinski definition) is 2. The van der Waals surface area contributed by atoms with Crippen LogP contribution in [0.3, 0.4) is 0 Å². The van der Waals surface area contributed by atoms with Gasteiger partial charge in [0.25, 0.3) is 0 Å². The van der Waals surface area contributed by atoms with Crippen molar-refractivity contribution in [1.82, 2.24) is 20.4 Å². The fourth-order valence-electron chi connectivity index (χ4n) is 6.93. The zero-order chi connectivity index (χ0) is 38.3. The number of ether oxygens (including phenoxy) is 3. The Kier molecular flexibility index (Phi) is 17.6. The van der Waals surface area contributed by atoms with Crippen LogP contribution in [0.15, 0.2) is 48.5 Å². The third-order valence-electron chi connectivity index (χ3n) is 9.36. The van der Waals surface area contributed by atoms with Crippen LogP contribution < -0.4 is 10.6 Å². The number of nitrogens with zero attached hydrogens (tertiary/aromatic N) is 2. The standard InChI is InChI=1S/C22H34N2O4.C20H32N2O2/c1-6-27-20(25)13-19-12-11-18(23-21(26)28-22(3,4)5)15-24(19)14-17-9-7-16(2)8-10-17;1-5-24-20(23)12-19-11-10-18(21-15(2)3)14-22(19)13-17-8-6-16(4)7-9-17/h7-10,18-19H,6,11-15H2,1-5H3,(H,23,26);6-9,15,18-19,21H,5,10-14H2,1-4H3/t2*18-,19-/m11/s1. The Labute approximate surface area is 313 Å². The Morgan fingerprint density at radius 2 is 1.13 bits per heavy atom. The molecule has 0 unspecified atom stereocenters. The summed E-state index contributed by atoms with van der Waals surface area (Å²) >= 11 is 0. The normalized spacial score (nSPS) is 21.1. The summed E-state index contributed by atoms with van der Waals surface area (Å²) in [5.41, 5.74) is 4.47. The zero-order valence-corrected chi connectivity index (χ0v) is 33.3. The molecule has 2 aliphatic rings.